The van der Waals surface area contributed by atoms with E-state index in [1.54, 1.807) is 13.8 Å². The number of amides is 1. The molecule has 1 aromatic rings. The number of benzene rings is 1. The van der Waals surface area contributed by atoms with Crippen molar-refractivity contribution in [3.8, 4) is 0 Å². The molecule has 0 bridgehead atoms. The van der Waals surface area contributed by atoms with Gasteiger partial charge in [0.05, 0.1) is 0 Å². The number of carboxylic acids is 1. The maximum Gasteiger partial charge on any atom is 0.326 e. The van der Waals surface area contributed by atoms with Gasteiger partial charge in [-0.15, -0.1) is 0 Å². The maximum atomic E-state index is 11.5. The standard InChI is InChI=1S/C15H19NO3/c1-11(2)10-14(17)16-13(15(18)19)9-8-12-6-4-3-5-7-12/h3-7,10,13H,8-9H2,1-2H3,(H,16,17)(H,18,19)/t13-/m0/s1. The molecule has 4 nitrogen and oxygen atoms in total. The summed E-state index contributed by atoms with van der Waals surface area (Å²) in [5.41, 5.74) is 1.90. The minimum atomic E-state index is -1.01. The Bertz CT molecular complexity index is 462. The number of aryl methyl sites for hydroxylation is 1. The number of allylic oxidation sites excluding steroid dienone is 1. The van der Waals surface area contributed by atoms with Crippen LogP contribution in [0.2, 0.25) is 0 Å². The van der Waals surface area contributed by atoms with Crippen molar-refractivity contribution < 1.29 is 14.7 Å². The van der Waals surface area contributed by atoms with Gasteiger partial charge in [-0.1, -0.05) is 35.9 Å². The van der Waals surface area contributed by atoms with Crippen molar-refractivity contribution in [1.82, 2.24) is 5.32 Å². The van der Waals surface area contributed by atoms with Gasteiger partial charge in [-0.2, -0.15) is 0 Å². The fraction of sp³-hybridized carbons (Fsp3) is 0.333. The smallest absolute Gasteiger partial charge is 0.326 e. The van der Waals surface area contributed by atoms with E-state index in [4.69, 9.17) is 5.11 Å². The van der Waals surface area contributed by atoms with Crippen LogP contribution in [0.1, 0.15) is 25.8 Å². The SMILES string of the molecule is CC(C)=CC(=O)N[C@@H](CCc1ccccc1)C(=O)O. The van der Waals surface area contributed by atoms with Gasteiger partial charge in [-0.05, 0) is 32.3 Å². The van der Waals surface area contributed by atoms with Gasteiger partial charge in [0, 0.05) is 6.08 Å². The van der Waals surface area contributed by atoms with Crippen molar-refractivity contribution in [3.63, 3.8) is 0 Å². The van der Waals surface area contributed by atoms with Crippen LogP contribution in [-0.2, 0) is 16.0 Å². The lowest BCUT2D eigenvalue weighted by molar-refractivity contribution is -0.141. The first-order valence-electron chi connectivity index (χ1n) is 6.21. The molecule has 1 atom stereocenters. The van der Waals surface area contributed by atoms with E-state index in [-0.39, 0.29) is 5.91 Å². The van der Waals surface area contributed by atoms with E-state index >= 15 is 0 Å². The highest BCUT2D eigenvalue weighted by Crippen LogP contribution is 2.05. The second-order valence-corrected chi connectivity index (χ2v) is 4.65. The molecule has 0 heterocycles. The lowest BCUT2D eigenvalue weighted by Crippen LogP contribution is -2.40. The lowest BCUT2D eigenvalue weighted by atomic mass is 10.1. The summed E-state index contributed by atoms with van der Waals surface area (Å²) in [6.45, 7) is 3.58. The summed E-state index contributed by atoms with van der Waals surface area (Å²) >= 11 is 0. The van der Waals surface area contributed by atoms with Crippen LogP contribution in [0.4, 0.5) is 0 Å². The van der Waals surface area contributed by atoms with E-state index in [0.717, 1.165) is 11.1 Å². The van der Waals surface area contributed by atoms with Crippen LogP contribution in [0.5, 0.6) is 0 Å². The van der Waals surface area contributed by atoms with Gasteiger partial charge in [0.2, 0.25) is 5.91 Å². The van der Waals surface area contributed by atoms with Gasteiger partial charge in [-0.25, -0.2) is 4.79 Å². The Labute approximate surface area is 113 Å². The monoisotopic (exact) mass is 261 g/mol. The van der Waals surface area contributed by atoms with Crippen molar-refractivity contribution in [2.45, 2.75) is 32.7 Å². The Kier molecular flexibility index (Phi) is 5.79. The van der Waals surface area contributed by atoms with E-state index in [0.29, 0.717) is 12.8 Å². The predicted molar refractivity (Wildman–Crippen MR) is 73.8 cm³/mol. The highest BCUT2D eigenvalue weighted by molar-refractivity contribution is 5.91. The Balaban J connectivity index is 2.57. The van der Waals surface area contributed by atoms with Crippen LogP contribution in [0.15, 0.2) is 42.0 Å². The van der Waals surface area contributed by atoms with Gasteiger partial charge in [0.1, 0.15) is 6.04 Å². The van der Waals surface area contributed by atoms with Crippen LogP contribution in [-0.4, -0.2) is 23.0 Å². The summed E-state index contributed by atoms with van der Waals surface area (Å²) in [6.07, 6.45) is 2.40. The molecule has 0 spiro atoms. The highest BCUT2D eigenvalue weighted by atomic mass is 16.4. The molecule has 102 valence electrons. The molecule has 4 heteroatoms. The largest absolute Gasteiger partial charge is 0.480 e. The summed E-state index contributed by atoms with van der Waals surface area (Å²) in [7, 11) is 0. The average Bonchev–Trinajstić information content (AvgIpc) is 2.34. The van der Waals surface area contributed by atoms with Gasteiger partial charge in [0.15, 0.2) is 0 Å². The van der Waals surface area contributed by atoms with Gasteiger partial charge >= 0.3 is 5.97 Å². The van der Waals surface area contributed by atoms with Crippen molar-refractivity contribution in [2.75, 3.05) is 0 Å². The fourth-order valence-electron chi connectivity index (χ4n) is 1.69. The van der Waals surface area contributed by atoms with Crippen LogP contribution in [0, 0.1) is 0 Å². The molecule has 1 amide bonds. The van der Waals surface area contributed by atoms with Gasteiger partial charge < -0.3 is 10.4 Å². The first kappa shape index (κ1) is 15.0. The van der Waals surface area contributed by atoms with Crippen molar-refractivity contribution in [1.29, 1.82) is 0 Å². The Morgan fingerprint density at radius 3 is 2.42 bits per heavy atom. The molecule has 1 rings (SSSR count). The second-order valence-electron chi connectivity index (χ2n) is 4.65. The predicted octanol–water partition coefficient (Wildman–Crippen LogP) is 2.15. The molecule has 0 radical (unpaired) electrons. The summed E-state index contributed by atoms with van der Waals surface area (Å²) in [5, 5.41) is 11.6. The molecule has 0 aliphatic carbocycles. The zero-order chi connectivity index (χ0) is 14.3. The van der Waals surface area contributed by atoms with Crippen molar-refractivity contribution >= 4 is 11.9 Å². The van der Waals surface area contributed by atoms with E-state index < -0.39 is 12.0 Å². The number of carbonyl (C=O) groups is 2. The Morgan fingerprint density at radius 2 is 1.89 bits per heavy atom. The Morgan fingerprint density at radius 1 is 1.26 bits per heavy atom. The molecular formula is C15H19NO3. The fourth-order valence-corrected chi connectivity index (χ4v) is 1.69. The molecule has 0 aromatic heterocycles. The number of carboxylic acid groups (broad SMARTS) is 1. The molecular weight excluding hydrogens is 242 g/mol. The molecule has 0 saturated carbocycles. The number of hydrogen-bond donors (Lipinski definition) is 2. The zero-order valence-electron chi connectivity index (χ0n) is 11.2. The van der Waals surface area contributed by atoms with E-state index in [1.807, 2.05) is 30.3 Å². The maximum absolute atomic E-state index is 11.5. The van der Waals surface area contributed by atoms with Gasteiger partial charge in [0.25, 0.3) is 0 Å². The second kappa shape index (κ2) is 7.36. The summed E-state index contributed by atoms with van der Waals surface area (Å²) in [6, 6.07) is 8.76. The van der Waals surface area contributed by atoms with Crippen LogP contribution >= 0.6 is 0 Å². The molecule has 0 saturated heterocycles. The molecule has 1 aromatic carbocycles. The van der Waals surface area contributed by atoms with Gasteiger partial charge in [-0.3, -0.25) is 4.79 Å². The average molecular weight is 261 g/mol. The number of carbonyl (C=O) groups excluding carboxylic acids is 1. The van der Waals surface area contributed by atoms with Crippen molar-refractivity contribution in [3.05, 3.63) is 47.5 Å². The lowest BCUT2D eigenvalue weighted by Gasteiger charge is -2.13. The zero-order valence-corrected chi connectivity index (χ0v) is 11.2. The quantitative estimate of drug-likeness (QED) is 0.771. The molecule has 0 aliphatic heterocycles. The first-order chi connectivity index (χ1) is 8.99. The third-order valence-electron chi connectivity index (χ3n) is 2.60. The number of nitrogens with one attached hydrogen (secondary N) is 1. The Hall–Kier alpha value is -2.10. The van der Waals surface area contributed by atoms with Crippen LogP contribution < -0.4 is 5.32 Å². The molecule has 0 fully saturated rings. The third kappa shape index (κ3) is 5.86. The van der Waals surface area contributed by atoms with E-state index in [1.165, 1.54) is 6.08 Å². The number of hydrogen-bond acceptors (Lipinski definition) is 2. The summed E-state index contributed by atoms with van der Waals surface area (Å²) in [5.74, 6) is -1.37. The molecule has 2 N–H and O–H groups in total. The minimum Gasteiger partial charge on any atom is -0.480 e. The van der Waals surface area contributed by atoms with Crippen LogP contribution in [0.25, 0.3) is 0 Å². The minimum absolute atomic E-state index is 0.361. The topological polar surface area (TPSA) is 66.4 Å². The normalized spacial score (nSPS) is 11.5. The van der Waals surface area contributed by atoms with Crippen LogP contribution in [0.3, 0.4) is 0 Å². The summed E-state index contributed by atoms with van der Waals surface area (Å²) in [4.78, 5) is 22.6. The molecule has 0 aliphatic rings. The first-order valence-corrected chi connectivity index (χ1v) is 6.21. The molecule has 19 heavy (non-hydrogen) atoms. The number of rotatable bonds is 6. The van der Waals surface area contributed by atoms with E-state index in [9.17, 15) is 9.59 Å². The third-order valence-corrected chi connectivity index (χ3v) is 2.60. The highest BCUT2D eigenvalue weighted by Gasteiger charge is 2.18. The summed E-state index contributed by atoms with van der Waals surface area (Å²) < 4.78 is 0. The van der Waals surface area contributed by atoms with E-state index in [2.05, 4.69) is 5.32 Å². The molecule has 0 unspecified atom stereocenters. The number of aliphatic carboxylic acids is 1. The van der Waals surface area contributed by atoms with Crippen molar-refractivity contribution in [2.24, 2.45) is 0 Å².